The minimum atomic E-state index is -0.808. The van der Waals surface area contributed by atoms with Gasteiger partial charge >= 0.3 is 17.9 Å². The average molecular weight is 1040 g/mol. The summed E-state index contributed by atoms with van der Waals surface area (Å²) in [6, 6.07) is 0. The van der Waals surface area contributed by atoms with E-state index < -0.39 is 6.10 Å². The predicted molar refractivity (Wildman–Crippen MR) is 325 cm³/mol. The highest BCUT2D eigenvalue weighted by atomic mass is 16.6. The molecule has 0 aromatic heterocycles. The lowest BCUT2D eigenvalue weighted by Gasteiger charge is -2.18. The second-order valence-electron chi connectivity index (χ2n) is 20.6. The lowest BCUT2D eigenvalue weighted by atomic mass is 10.0. The predicted octanol–water partition coefficient (Wildman–Crippen LogP) is 21.4. The van der Waals surface area contributed by atoms with Crippen molar-refractivity contribution in [2.75, 3.05) is 13.2 Å². The fourth-order valence-electron chi connectivity index (χ4n) is 8.53. The highest BCUT2D eigenvalue weighted by molar-refractivity contribution is 5.71. The monoisotopic (exact) mass is 1040 g/mol. The Hall–Kier alpha value is -3.93. The number of esters is 3. The molecule has 0 radical (unpaired) electrons. The molecule has 75 heavy (non-hydrogen) atoms. The topological polar surface area (TPSA) is 78.9 Å². The van der Waals surface area contributed by atoms with Gasteiger partial charge in [-0.25, -0.2) is 0 Å². The fraction of sp³-hybridized carbons (Fsp3) is 0.696. The Balaban J connectivity index is 4.47. The maximum atomic E-state index is 12.9. The van der Waals surface area contributed by atoms with E-state index in [1.54, 1.807) is 0 Å². The van der Waals surface area contributed by atoms with E-state index in [2.05, 4.69) is 130 Å². The van der Waals surface area contributed by atoms with Crippen molar-refractivity contribution in [3.05, 3.63) is 109 Å². The number of unbranched alkanes of at least 4 members (excludes halogenated alkanes) is 27. The summed E-state index contributed by atoms with van der Waals surface area (Å²) in [4.78, 5) is 38.3. The van der Waals surface area contributed by atoms with Crippen LogP contribution in [0.25, 0.3) is 0 Å². The number of carbonyl (C=O) groups excluding carboxylic acids is 3. The molecule has 0 heterocycles. The number of hydrogen-bond acceptors (Lipinski definition) is 6. The highest BCUT2D eigenvalue weighted by Crippen LogP contribution is 2.15. The molecule has 1 atom stereocenters. The lowest BCUT2D eigenvalue weighted by Crippen LogP contribution is -2.30. The van der Waals surface area contributed by atoms with Gasteiger partial charge in [0.25, 0.3) is 0 Å². The summed E-state index contributed by atoms with van der Waals surface area (Å²) in [7, 11) is 0. The number of ether oxygens (including phenoxy) is 3. The molecule has 0 aromatic rings. The van der Waals surface area contributed by atoms with Gasteiger partial charge < -0.3 is 14.2 Å². The van der Waals surface area contributed by atoms with Gasteiger partial charge in [0.2, 0.25) is 0 Å². The molecule has 0 fully saturated rings. The molecule has 0 aliphatic heterocycles. The molecular weight excluding hydrogens is 925 g/mol. The molecule has 0 aromatic carbocycles. The van der Waals surface area contributed by atoms with Gasteiger partial charge in [-0.3, -0.25) is 14.4 Å². The first-order valence-corrected chi connectivity index (χ1v) is 31.4. The molecule has 0 spiro atoms. The van der Waals surface area contributed by atoms with Gasteiger partial charge in [0.15, 0.2) is 6.10 Å². The zero-order valence-electron chi connectivity index (χ0n) is 49.0. The minimum Gasteiger partial charge on any atom is -0.462 e. The van der Waals surface area contributed by atoms with Crippen LogP contribution in [0.5, 0.6) is 0 Å². The van der Waals surface area contributed by atoms with Crippen molar-refractivity contribution in [3.8, 4) is 0 Å². The Kier molecular flexibility index (Phi) is 59.3. The first-order valence-electron chi connectivity index (χ1n) is 31.4. The molecule has 0 saturated carbocycles. The van der Waals surface area contributed by atoms with Crippen molar-refractivity contribution < 1.29 is 28.6 Å². The van der Waals surface area contributed by atoms with Crippen molar-refractivity contribution in [3.63, 3.8) is 0 Å². The third-order valence-corrected chi connectivity index (χ3v) is 13.2. The Morgan fingerprint density at radius 1 is 0.280 bits per heavy atom. The van der Waals surface area contributed by atoms with Gasteiger partial charge in [-0.15, -0.1) is 0 Å². The van der Waals surface area contributed by atoms with E-state index >= 15 is 0 Å². The van der Waals surface area contributed by atoms with Crippen molar-refractivity contribution in [2.45, 2.75) is 297 Å². The molecule has 0 N–H and O–H groups in total. The van der Waals surface area contributed by atoms with E-state index in [-0.39, 0.29) is 37.5 Å². The largest absolute Gasteiger partial charge is 0.462 e. The summed E-state index contributed by atoms with van der Waals surface area (Å²) in [5.74, 6) is -0.950. The third kappa shape index (κ3) is 60.8. The SMILES string of the molecule is CC/C=C\C/C=C\C/C=C\C/C=C\C/C=C\CCCCCC(=O)O[C@H](COC(=O)CCCCCC/C=C\C/C=C\C/C=C\CCCCC)COC(=O)CCCCCCCCCCCCC/C=C\CCCCCCCC. The van der Waals surface area contributed by atoms with Crippen molar-refractivity contribution >= 4 is 17.9 Å². The maximum Gasteiger partial charge on any atom is 0.306 e. The quantitative estimate of drug-likeness (QED) is 0.0261. The summed E-state index contributed by atoms with van der Waals surface area (Å²) in [6.45, 7) is 6.47. The smallest absolute Gasteiger partial charge is 0.306 e. The Bertz CT molecular complexity index is 1520. The Labute approximate surface area is 463 Å². The third-order valence-electron chi connectivity index (χ3n) is 13.2. The molecule has 0 rings (SSSR count). The second-order valence-corrected chi connectivity index (χ2v) is 20.6. The van der Waals surface area contributed by atoms with E-state index in [0.29, 0.717) is 12.8 Å². The molecule has 6 heteroatoms. The zero-order chi connectivity index (χ0) is 54.3. The van der Waals surface area contributed by atoms with Gasteiger partial charge in [0.05, 0.1) is 0 Å². The molecule has 0 aliphatic carbocycles. The van der Waals surface area contributed by atoms with Crippen LogP contribution in [0.4, 0.5) is 0 Å². The Morgan fingerprint density at radius 2 is 0.520 bits per heavy atom. The average Bonchev–Trinajstić information content (AvgIpc) is 3.41. The molecule has 6 nitrogen and oxygen atoms in total. The standard InChI is InChI=1S/C69H116O6/c1-4-7-10-13-16-19-22-25-28-31-33-34-36-38-41-44-47-50-53-56-59-62-68(71)74-65-66(64-73-67(70)61-58-55-52-49-46-43-40-37-30-27-24-21-18-15-12-9-6-3)75-69(72)63-60-57-54-51-48-45-42-39-35-32-29-26-23-20-17-14-11-8-5-2/h8,11,17-18,20-21,25-30,35,39-40,43,45,48,66H,4-7,9-10,12-16,19,22-24,31-34,36-38,41-42,44,46-47,49-65H2,1-3H3/b11-8-,20-17-,21-18-,28-25-,29-26-,30-27-,39-35-,43-40-,48-45-/t66-/m1/s1. The first kappa shape index (κ1) is 71.1. The summed E-state index contributed by atoms with van der Waals surface area (Å²) in [5.41, 5.74) is 0. The van der Waals surface area contributed by atoms with Crippen LogP contribution in [0.1, 0.15) is 290 Å². The highest BCUT2D eigenvalue weighted by Gasteiger charge is 2.19. The second kappa shape index (κ2) is 62.6. The fourth-order valence-corrected chi connectivity index (χ4v) is 8.53. The van der Waals surface area contributed by atoms with Crippen LogP contribution in [0, 0.1) is 0 Å². The lowest BCUT2D eigenvalue weighted by molar-refractivity contribution is -0.167. The molecular formula is C69H116O6. The van der Waals surface area contributed by atoms with Crippen LogP contribution in [0.15, 0.2) is 109 Å². The molecule has 0 unspecified atom stereocenters. The van der Waals surface area contributed by atoms with E-state index in [0.717, 1.165) is 122 Å². The van der Waals surface area contributed by atoms with E-state index in [9.17, 15) is 14.4 Å². The molecule has 0 aliphatic rings. The molecule has 0 saturated heterocycles. The van der Waals surface area contributed by atoms with Crippen molar-refractivity contribution in [1.82, 2.24) is 0 Å². The summed E-state index contributed by atoms with van der Waals surface area (Å²) >= 11 is 0. The zero-order valence-corrected chi connectivity index (χ0v) is 49.0. The van der Waals surface area contributed by atoms with Crippen LogP contribution in [0.3, 0.4) is 0 Å². The summed E-state index contributed by atoms with van der Waals surface area (Å²) in [5, 5.41) is 0. The number of carbonyl (C=O) groups is 3. The van der Waals surface area contributed by atoms with Crippen LogP contribution >= 0.6 is 0 Å². The van der Waals surface area contributed by atoms with E-state index in [1.165, 1.54) is 128 Å². The van der Waals surface area contributed by atoms with Gasteiger partial charge in [-0.1, -0.05) is 252 Å². The van der Waals surface area contributed by atoms with E-state index in [4.69, 9.17) is 14.2 Å². The first-order chi connectivity index (χ1) is 37.0. The van der Waals surface area contributed by atoms with Crippen LogP contribution < -0.4 is 0 Å². The molecule has 0 amide bonds. The molecule has 428 valence electrons. The summed E-state index contributed by atoms with van der Waals surface area (Å²) < 4.78 is 16.9. The maximum absolute atomic E-state index is 12.9. The normalized spacial score (nSPS) is 12.8. The number of hydrogen-bond donors (Lipinski definition) is 0. The van der Waals surface area contributed by atoms with Crippen molar-refractivity contribution in [1.29, 1.82) is 0 Å². The minimum absolute atomic E-state index is 0.0998. The Morgan fingerprint density at radius 3 is 0.867 bits per heavy atom. The summed E-state index contributed by atoms with van der Waals surface area (Å²) in [6.07, 6.45) is 85.1. The van der Waals surface area contributed by atoms with Gasteiger partial charge in [0, 0.05) is 19.3 Å². The van der Waals surface area contributed by atoms with Crippen LogP contribution in [-0.2, 0) is 28.6 Å². The molecule has 0 bridgehead atoms. The van der Waals surface area contributed by atoms with Gasteiger partial charge in [-0.2, -0.15) is 0 Å². The number of rotatable bonds is 56. The van der Waals surface area contributed by atoms with Crippen molar-refractivity contribution in [2.24, 2.45) is 0 Å². The van der Waals surface area contributed by atoms with Crippen LogP contribution in [0.2, 0.25) is 0 Å². The van der Waals surface area contributed by atoms with Gasteiger partial charge in [0.1, 0.15) is 13.2 Å². The number of allylic oxidation sites excluding steroid dienone is 18. The van der Waals surface area contributed by atoms with Gasteiger partial charge in [-0.05, 0) is 128 Å². The van der Waals surface area contributed by atoms with E-state index in [1.807, 2.05) is 0 Å². The van der Waals surface area contributed by atoms with Crippen LogP contribution in [-0.4, -0.2) is 37.2 Å².